The van der Waals surface area contributed by atoms with Gasteiger partial charge in [-0.1, -0.05) is 136 Å². The number of nitrogens with zero attached hydrogens (tertiary/aromatic N) is 2. The maximum absolute atomic E-state index is 7.35. The summed E-state index contributed by atoms with van der Waals surface area (Å²) in [5, 5.41) is 1.17. The molecule has 0 amide bonds. The molecule has 0 atom stereocenters. The largest absolute Gasteiger partial charge is 0.468 e. The quantitative estimate of drug-likeness (QED) is 0.166. The number of hydrogen-bond donors (Lipinski definition) is 0. The summed E-state index contributed by atoms with van der Waals surface area (Å²) in [6, 6.07) is 44.1. The number of aryl methyl sites for hydroxylation is 2. The molecule has 3 heterocycles. The lowest BCUT2D eigenvalue weighted by Crippen LogP contribution is -2.61. The number of anilines is 6. The SMILES string of the molecule is Cc1cc2c3c(c1)N(c1ccc(C(C)(C)C)cc1)c1c(oc4ccc(C(C)(C)C)cc14)B3c1cc3c(cc1N2c1ccccc1-c1ccccc1C)C(C)(C)CCC3(C)C. The van der Waals surface area contributed by atoms with Gasteiger partial charge in [-0.25, -0.2) is 0 Å². The van der Waals surface area contributed by atoms with Crippen LogP contribution in [0.4, 0.5) is 34.1 Å². The van der Waals surface area contributed by atoms with Crippen LogP contribution in [0.3, 0.4) is 0 Å². The molecule has 302 valence electrons. The Morgan fingerprint density at radius 1 is 0.567 bits per heavy atom. The van der Waals surface area contributed by atoms with E-state index in [0.29, 0.717) is 0 Å². The number of rotatable bonds is 3. The molecule has 0 saturated carbocycles. The molecule has 0 radical (unpaired) electrons. The van der Waals surface area contributed by atoms with Crippen molar-refractivity contribution in [1.82, 2.24) is 0 Å². The normalized spacial score (nSPS) is 16.4. The standard InChI is InChI=1S/C56H59BN2O/c1-34-29-47-50-48(30-34)59(45-20-16-15-19-40(45)39-18-14-13-17-35(39)2)46-33-43-42(55(9,10)27-28-56(43,11)12)32-44(46)57(50)52-51(41-31-37(54(6,7)8)23-26-49(41)60-52)58(47)38-24-21-36(22-25-38)53(3,4)5/h13-26,29-33H,27-28H2,1-12H3. The van der Waals surface area contributed by atoms with Gasteiger partial charge in [0.25, 0.3) is 6.71 Å². The number of hydrogen-bond acceptors (Lipinski definition) is 3. The van der Waals surface area contributed by atoms with E-state index >= 15 is 0 Å². The molecule has 0 bridgehead atoms. The van der Waals surface area contributed by atoms with Crippen molar-refractivity contribution in [2.75, 3.05) is 9.80 Å². The van der Waals surface area contributed by atoms with Crippen molar-refractivity contribution in [3.63, 3.8) is 0 Å². The van der Waals surface area contributed by atoms with E-state index in [2.05, 4.69) is 208 Å². The second-order valence-corrected chi connectivity index (χ2v) is 21.4. The summed E-state index contributed by atoms with van der Waals surface area (Å²) in [7, 11) is 0. The van der Waals surface area contributed by atoms with Crippen molar-refractivity contribution in [3.8, 4) is 11.1 Å². The highest BCUT2D eigenvalue weighted by Crippen LogP contribution is 2.52. The molecule has 0 N–H and O–H groups in total. The Hall–Kier alpha value is -5.48. The van der Waals surface area contributed by atoms with Crippen molar-refractivity contribution in [2.45, 2.75) is 118 Å². The minimum Gasteiger partial charge on any atom is -0.468 e. The lowest BCUT2D eigenvalue weighted by atomic mass is 9.35. The molecule has 0 fully saturated rings. The zero-order valence-corrected chi connectivity index (χ0v) is 37.8. The van der Waals surface area contributed by atoms with Gasteiger partial charge in [-0.2, -0.15) is 0 Å². The topological polar surface area (TPSA) is 19.6 Å². The maximum Gasteiger partial charge on any atom is 0.297 e. The lowest BCUT2D eigenvalue weighted by molar-refractivity contribution is 0.332. The molecule has 0 spiro atoms. The van der Waals surface area contributed by atoms with Crippen LogP contribution in [0.1, 0.15) is 115 Å². The molecule has 7 aromatic rings. The fraction of sp³-hybridized carbons (Fsp3) is 0.321. The monoisotopic (exact) mass is 786 g/mol. The first-order valence-corrected chi connectivity index (χ1v) is 22.1. The smallest absolute Gasteiger partial charge is 0.297 e. The second-order valence-electron chi connectivity index (χ2n) is 21.4. The second kappa shape index (κ2) is 13.0. The molecular formula is C56H59BN2O. The van der Waals surface area contributed by atoms with Crippen LogP contribution in [0, 0.1) is 13.8 Å². The van der Waals surface area contributed by atoms with Crippen molar-refractivity contribution in [3.05, 3.63) is 149 Å². The van der Waals surface area contributed by atoms with Gasteiger partial charge in [-0.05, 0) is 147 Å². The summed E-state index contributed by atoms with van der Waals surface area (Å²) in [6.07, 6.45) is 2.31. The fourth-order valence-electron chi connectivity index (χ4n) is 10.6. The molecule has 6 aromatic carbocycles. The van der Waals surface area contributed by atoms with Crippen molar-refractivity contribution < 1.29 is 4.42 Å². The molecule has 4 heteroatoms. The van der Waals surface area contributed by atoms with Gasteiger partial charge in [0.2, 0.25) is 0 Å². The van der Waals surface area contributed by atoms with Gasteiger partial charge < -0.3 is 14.2 Å². The van der Waals surface area contributed by atoms with Crippen LogP contribution in [0.25, 0.3) is 22.1 Å². The number of fused-ring (bicyclic) bond motifs is 7. The summed E-state index contributed by atoms with van der Waals surface area (Å²) in [6.45, 7) is 28.0. The van der Waals surface area contributed by atoms with Gasteiger partial charge in [0, 0.05) is 33.7 Å². The average molecular weight is 787 g/mol. The molecule has 1 aliphatic carbocycles. The molecular weight excluding hydrogens is 727 g/mol. The Morgan fingerprint density at radius 2 is 1.15 bits per heavy atom. The molecule has 0 unspecified atom stereocenters. The van der Waals surface area contributed by atoms with E-state index in [1.165, 1.54) is 83.6 Å². The highest BCUT2D eigenvalue weighted by atomic mass is 16.3. The van der Waals surface area contributed by atoms with E-state index in [0.717, 1.165) is 35.5 Å². The molecule has 0 saturated heterocycles. The molecule has 2 aliphatic heterocycles. The fourth-order valence-corrected chi connectivity index (χ4v) is 10.6. The predicted molar refractivity (Wildman–Crippen MR) is 258 cm³/mol. The van der Waals surface area contributed by atoms with Gasteiger partial charge in [-0.15, -0.1) is 0 Å². The number of para-hydroxylation sites is 1. The van der Waals surface area contributed by atoms with Crippen molar-refractivity contribution in [1.29, 1.82) is 0 Å². The van der Waals surface area contributed by atoms with E-state index in [4.69, 9.17) is 4.42 Å². The molecule has 60 heavy (non-hydrogen) atoms. The summed E-state index contributed by atoms with van der Waals surface area (Å²) in [4.78, 5) is 5.15. The summed E-state index contributed by atoms with van der Waals surface area (Å²) >= 11 is 0. The van der Waals surface area contributed by atoms with Gasteiger partial charge in [-0.3, -0.25) is 0 Å². The van der Waals surface area contributed by atoms with E-state index in [9.17, 15) is 0 Å². The van der Waals surface area contributed by atoms with Gasteiger partial charge >= 0.3 is 0 Å². The third-order valence-electron chi connectivity index (χ3n) is 14.2. The predicted octanol–water partition coefficient (Wildman–Crippen LogP) is 13.7. The van der Waals surface area contributed by atoms with Crippen LogP contribution in [-0.2, 0) is 21.7 Å². The minimum absolute atomic E-state index is 0.0201. The van der Waals surface area contributed by atoms with E-state index in [1.807, 2.05) is 0 Å². The first kappa shape index (κ1) is 38.7. The highest BCUT2D eigenvalue weighted by Gasteiger charge is 2.49. The van der Waals surface area contributed by atoms with Crippen LogP contribution in [0.5, 0.6) is 0 Å². The Kier molecular flexibility index (Phi) is 8.40. The van der Waals surface area contributed by atoms with E-state index < -0.39 is 0 Å². The highest BCUT2D eigenvalue weighted by molar-refractivity contribution is 7.00. The Labute approximate surface area is 358 Å². The summed E-state index contributed by atoms with van der Waals surface area (Å²) in [5.74, 6) is 0. The molecule has 3 aliphatic rings. The van der Waals surface area contributed by atoms with E-state index in [-0.39, 0.29) is 28.4 Å². The maximum atomic E-state index is 7.35. The van der Waals surface area contributed by atoms with Crippen LogP contribution < -0.4 is 26.4 Å². The van der Waals surface area contributed by atoms with Crippen LogP contribution in [0.15, 0.2) is 120 Å². The third-order valence-corrected chi connectivity index (χ3v) is 14.2. The van der Waals surface area contributed by atoms with Gasteiger partial charge in [0.1, 0.15) is 5.58 Å². The molecule has 3 nitrogen and oxygen atoms in total. The number of furan rings is 1. The molecule has 1 aromatic heterocycles. The lowest BCUT2D eigenvalue weighted by Gasteiger charge is -2.47. The van der Waals surface area contributed by atoms with Crippen LogP contribution in [-0.4, -0.2) is 6.71 Å². The summed E-state index contributed by atoms with van der Waals surface area (Å²) in [5.41, 5.74) is 22.4. The Morgan fingerprint density at radius 3 is 1.80 bits per heavy atom. The van der Waals surface area contributed by atoms with Crippen molar-refractivity contribution in [2.24, 2.45) is 0 Å². The minimum atomic E-state index is -0.107. The number of benzene rings is 6. The third kappa shape index (κ3) is 5.84. The van der Waals surface area contributed by atoms with Crippen LogP contribution >= 0.6 is 0 Å². The van der Waals surface area contributed by atoms with Gasteiger partial charge in [0.05, 0.1) is 17.0 Å². The zero-order chi connectivity index (χ0) is 42.3. The summed E-state index contributed by atoms with van der Waals surface area (Å²) < 4.78 is 7.35. The van der Waals surface area contributed by atoms with Crippen LogP contribution in [0.2, 0.25) is 0 Å². The van der Waals surface area contributed by atoms with Crippen molar-refractivity contribution >= 4 is 68.4 Å². The Bertz CT molecular complexity index is 2880. The van der Waals surface area contributed by atoms with E-state index in [1.54, 1.807) is 0 Å². The molecule has 10 rings (SSSR count). The zero-order valence-electron chi connectivity index (χ0n) is 37.8. The van der Waals surface area contributed by atoms with Gasteiger partial charge in [0.15, 0.2) is 0 Å². The first-order valence-electron chi connectivity index (χ1n) is 22.1. The first-order chi connectivity index (χ1) is 28.3. The average Bonchev–Trinajstić information content (AvgIpc) is 3.57. The Balaban J connectivity index is 1.35.